The van der Waals surface area contributed by atoms with E-state index in [0.29, 0.717) is 0 Å². The average Bonchev–Trinajstić information content (AvgIpc) is 2.60. The molecule has 0 amide bonds. The summed E-state index contributed by atoms with van der Waals surface area (Å²) in [6, 6.07) is 14.0. The third-order valence-corrected chi connectivity index (χ3v) is 9.73. The molecule has 2 aliphatic heterocycles. The van der Waals surface area contributed by atoms with Gasteiger partial charge in [0.15, 0.2) is 0 Å². The van der Waals surface area contributed by atoms with Crippen molar-refractivity contribution in [3.8, 4) is 0 Å². The Balaban J connectivity index is 2.03. The van der Waals surface area contributed by atoms with Gasteiger partial charge in [0.1, 0.15) is 0 Å². The third kappa shape index (κ3) is 1.18. The van der Waals surface area contributed by atoms with Crippen LogP contribution in [0.2, 0.25) is 18.1 Å². The van der Waals surface area contributed by atoms with Crippen LogP contribution >= 0.6 is 0 Å². The van der Waals surface area contributed by atoms with Crippen molar-refractivity contribution in [1.82, 2.24) is 0 Å². The van der Waals surface area contributed by atoms with Gasteiger partial charge in [-0.1, -0.05) is 60.8 Å². The molecule has 0 bridgehead atoms. The fourth-order valence-corrected chi connectivity index (χ4v) is 9.01. The van der Waals surface area contributed by atoms with Crippen LogP contribution in [0.5, 0.6) is 0 Å². The van der Waals surface area contributed by atoms with E-state index in [-0.39, 0.29) is 0 Å². The number of fused-ring (bicyclic) bond motifs is 2. The predicted octanol–water partition coefficient (Wildman–Crippen LogP) is 3.08. The van der Waals surface area contributed by atoms with E-state index in [4.69, 9.17) is 0 Å². The van der Waals surface area contributed by atoms with Crippen molar-refractivity contribution in [2.24, 2.45) is 0 Å². The van der Waals surface area contributed by atoms with Gasteiger partial charge in [0.2, 0.25) is 0 Å². The van der Waals surface area contributed by atoms with Crippen molar-refractivity contribution in [2.75, 3.05) is 0 Å². The first-order valence-electron chi connectivity index (χ1n) is 5.99. The SMILES string of the molecule is c1ccc2c(c1)CC[Si]21CCCCC1. The van der Waals surface area contributed by atoms with Crippen LogP contribution in [0.3, 0.4) is 0 Å². The van der Waals surface area contributed by atoms with E-state index in [1.165, 1.54) is 25.7 Å². The fourth-order valence-electron chi connectivity index (χ4n) is 3.51. The van der Waals surface area contributed by atoms with E-state index in [1.54, 1.807) is 23.7 Å². The summed E-state index contributed by atoms with van der Waals surface area (Å²) in [5.74, 6) is 0. The molecule has 0 radical (unpaired) electrons. The zero-order valence-electron chi connectivity index (χ0n) is 8.76. The quantitative estimate of drug-likeness (QED) is 0.567. The minimum atomic E-state index is -0.940. The molecule has 3 rings (SSSR count). The lowest BCUT2D eigenvalue weighted by atomic mass is 10.2. The highest BCUT2D eigenvalue weighted by Gasteiger charge is 2.40. The monoisotopic (exact) mass is 202 g/mol. The van der Waals surface area contributed by atoms with Gasteiger partial charge in [-0.05, 0) is 18.0 Å². The zero-order valence-corrected chi connectivity index (χ0v) is 9.76. The molecule has 74 valence electrons. The van der Waals surface area contributed by atoms with Gasteiger partial charge < -0.3 is 0 Å². The molecular formula is C13H18Si. The van der Waals surface area contributed by atoms with E-state index in [1.807, 2.05) is 5.19 Å². The topological polar surface area (TPSA) is 0 Å². The summed E-state index contributed by atoms with van der Waals surface area (Å²) in [6.07, 6.45) is 5.92. The van der Waals surface area contributed by atoms with Crippen molar-refractivity contribution in [2.45, 2.75) is 43.8 Å². The van der Waals surface area contributed by atoms with E-state index < -0.39 is 8.07 Å². The molecule has 0 aromatic heterocycles. The second-order valence-corrected chi connectivity index (χ2v) is 9.60. The zero-order chi connectivity index (χ0) is 9.43. The number of hydrogen-bond donors (Lipinski definition) is 0. The molecule has 14 heavy (non-hydrogen) atoms. The van der Waals surface area contributed by atoms with Gasteiger partial charge >= 0.3 is 0 Å². The summed E-state index contributed by atoms with van der Waals surface area (Å²) in [6.45, 7) is 0. The Hall–Kier alpha value is -0.563. The molecule has 0 aliphatic carbocycles. The van der Waals surface area contributed by atoms with E-state index in [2.05, 4.69) is 24.3 Å². The van der Waals surface area contributed by atoms with Gasteiger partial charge in [-0.25, -0.2) is 0 Å². The average molecular weight is 202 g/mol. The van der Waals surface area contributed by atoms with Crippen LogP contribution in [0.1, 0.15) is 24.8 Å². The molecule has 1 saturated heterocycles. The lowest BCUT2D eigenvalue weighted by Crippen LogP contribution is -2.45. The highest BCUT2D eigenvalue weighted by Crippen LogP contribution is 2.36. The van der Waals surface area contributed by atoms with Crippen LogP contribution in [0.4, 0.5) is 0 Å². The van der Waals surface area contributed by atoms with Crippen LogP contribution in [-0.2, 0) is 6.42 Å². The van der Waals surface area contributed by atoms with Gasteiger partial charge in [0.05, 0.1) is 8.07 Å². The van der Waals surface area contributed by atoms with Gasteiger partial charge in [-0.3, -0.25) is 0 Å². The number of rotatable bonds is 0. The fraction of sp³-hybridized carbons (Fsp3) is 0.538. The highest BCUT2D eigenvalue weighted by atomic mass is 28.3. The molecule has 0 nitrogen and oxygen atoms in total. The molecule has 2 aliphatic rings. The Morgan fingerprint density at radius 2 is 1.64 bits per heavy atom. The number of hydrogen-bond acceptors (Lipinski definition) is 0. The summed E-state index contributed by atoms with van der Waals surface area (Å²) in [5.41, 5.74) is 1.70. The number of benzene rings is 1. The Morgan fingerprint density at radius 1 is 0.857 bits per heavy atom. The second-order valence-electron chi connectivity index (χ2n) is 5.00. The smallest absolute Gasteiger partial charge is 0.0627 e. The van der Waals surface area contributed by atoms with Gasteiger partial charge in [0, 0.05) is 0 Å². The maximum atomic E-state index is 2.44. The van der Waals surface area contributed by atoms with Gasteiger partial charge in [-0.15, -0.1) is 0 Å². The Labute approximate surface area is 87.4 Å². The largest absolute Gasteiger partial charge is 0.0874 e. The minimum Gasteiger partial charge on any atom is -0.0627 e. The van der Waals surface area contributed by atoms with Crippen molar-refractivity contribution in [3.63, 3.8) is 0 Å². The van der Waals surface area contributed by atoms with Crippen molar-refractivity contribution in [3.05, 3.63) is 29.8 Å². The predicted molar refractivity (Wildman–Crippen MR) is 63.8 cm³/mol. The van der Waals surface area contributed by atoms with Crippen molar-refractivity contribution in [1.29, 1.82) is 0 Å². The van der Waals surface area contributed by atoms with E-state index in [9.17, 15) is 0 Å². The molecule has 1 aromatic rings. The lowest BCUT2D eigenvalue weighted by molar-refractivity contribution is 0.712. The molecule has 0 atom stereocenters. The van der Waals surface area contributed by atoms with E-state index in [0.717, 1.165) is 0 Å². The Kier molecular flexibility index (Phi) is 2.01. The van der Waals surface area contributed by atoms with Crippen molar-refractivity contribution >= 4 is 13.3 Å². The molecule has 0 unspecified atom stereocenters. The third-order valence-electron chi connectivity index (χ3n) is 4.27. The normalized spacial score (nSPS) is 23.7. The molecule has 1 aromatic carbocycles. The molecular weight excluding hydrogens is 184 g/mol. The maximum Gasteiger partial charge on any atom is 0.0874 e. The molecule has 2 heterocycles. The summed E-state index contributed by atoms with van der Waals surface area (Å²) in [7, 11) is -0.940. The molecule has 1 fully saturated rings. The van der Waals surface area contributed by atoms with Crippen LogP contribution in [0.15, 0.2) is 24.3 Å². The summed E-state index contributed by atoms with van der Waals surface area (Å²) in [4.78, 5) is 0. The van der Waals surface area contributed by atoms with Gasteiger partial charge in [-0.2, -0.15) is 0 Å². The maximum absolute atomic E-state index is 2.44. The molecule has 0 saturated carbocycles. The van der Waals surface area contributed by atoms with Gasteiger partial charge in [0.25, 0.3) is 0 Å². The van der Waals surface area contributed by atoms with Crippen LogP contribution in [-0.4, -0.2) is 8.07 Å². The van der Waals surface area contributed by atoms with Crippen LogP contribution in [0.25, 0.3) is 0 Å². The Morgan fingerprint density at radius 3 is 2.50 bits per heavy atom. The molecule has 1 heteroatoms. The lowest BCUT2D eigenvalue weighted by Gasteiger charge is -2.32. The van der Waals surface area contributed by atoms with Crippen LogP contribution < -0.4 is 5.19 Å². The summed E-state index contributed by atoms with van der Waals surface area (Å²) < 4.78 is 0. The molecule has 1 spiro atoms. The van der Waals surface area contributed by atoms with Crippen molar-refractivity contribution < 1.29 is 0 Å². The first kappa shape index (κ1) is 8.72. The first-order chi connectivity index (χ1) is 6.91. The van der Waals surface area contributed by atoms with E-state index >= 15 is 0 Å². The number of aryl methyl sites for hydroxylation is 1. The second kappa shape index (κ2) is 3.23. The molecule has 0 N–H and O–H groups in total. The Bertz CT molecular complexity index is 331. The summed E-state index contributed by atoms with van der Waals surface area (Å²) >= 11 is 0. The summed E-state index contributed by atoms with van der Waals surface area (Å²) in [5, 5.41) is 1.83. The highest BCUT2D eigenvalue weighted by molar-refractivity contribution is 6.93. The minimum absolute atomic E-state index is 0.940. The van der Waals surface area contributed by atoms with Crippen LogP contribution in [0, 0.1) is 0 Å². The first-order valence-corrected chi connectivity index (χ1v) is 8.61. The standard InChI is InChI=1S/C13H18Si/c1-4-9-14(10-5-1)11-8-12-6-2-3-7-13(12)14/h2-3,6-7H,1,4-5,8-11H2.